The van der Waals surface area contributed by atoms with Crippen LogP contribution in [0.1, 0.15) is 32.8 Å². The minimum absolute atomic E-state index is 0.418. The van der Waals surface area contributed by atoms with Gasteiger partial charge < -0.3 is 10.1 Å². The van der Waals surface area contributed by atoms with Gasteiger partial charge in [0.2, 0.25) is 0 Å². The molecule has 0 unspecified atom stereocenters. The van der Waals surface area contributed by atoms with E-state index in [2.05, 4.69) is 10.6 Å². The molecule has 1 heterocycles. The minimum atomic E-state index is -0.476. The summed E-state index contributed by atoms with van der Waals surface area (Å²) in [5.41, 5.74) is 2.69. The number of ether oxygens (including phenoxy) is 1. The van der Waals surface area contributed by atoms with Gasteiger partial charge in [-0.1, -0.05) is 6.07 Å². The SMILES string of the molecule is CC(C)(C)OC(=O)Nc1ccc2c(c1)NCCC2. The van der Waals surface area contributed by atoms with E-state index in [0.29, 0.717) is 0 Å². The number of nitrogens with one attached hydrogen (secondary N) is 2. The van der Waals surface area contributed by atoms with E-state index >= 15 is 0 Å². The smallest absolute Gasteiger partial charge is 0.412 e. The summed E-state index contributed by atoms with van der Waals surface area (Å²) in [5.74, 6) is 0. The zero-order valence-corrected chi connectivity index (χ0v) is 11.2. The first-order valence-electron chi connectivity index (χ1n) is 6.31. The fourth-order valence-corrected chi connectivity index (χ4v) is 1.96. The molecule has 2 N–H and O–H groups in total. The number of rotatable bonds is 1. The maximum Gasteiger partial charge on any atom is 0.412 e. The summed E-state index contributed by atoms with van der Waals surface area (Å²) in [6.07, 6.45) is 1.83. The number of carbonyl (C=O) groups is 1. The quantitative estimate of drug-likeness (QED) is 0.801. The molecule has 0 bridgehead atoms. The summed E-state index contributed by atoms with van der Waals surface area (Å²) >= 11 is 0. The molecule has 1 aromatic carbocycles. The molecule has 1 amide bonds. The third kappa shape index (κ3) is 3.39. The molecule has 0 fully saturated rings. The van der Waals surface area contributed by atoms with E-state index in [0.717, 1.165) is 30.8 Å². The third-order valence-corrected chi connectivity index (χ3v) is 2.69. The molecule has 1 aromatic rings. The predicted molar refractivity (Wildman–Crippen MR) is 73.1 cm³/mol. The molecule has 0 spiro atoms. The van der Waals surface area contributed by atoms with Crippen molar-refractivity contribution < 1.29 is 9.53 Å². The zero-order chi connectivity index (χ0) is 13.2. The second-order valence-electron chi connectivity index (χ2n) is 5.53. The molecule has 0 saturated carbocycles. The first-order valence-corrected chi connectivity index (χ1v) is 6.31. The van der Waals surface area contributed by atoms with Crippen LogP contribution in [0.25, 0.3) is 0 Å². The maximum atomic E-state index is 11.6. The van der Waals surface area contributed by atoms with Gasteiger partial charge in [0.15, 0.2) is 0 Å². The summed E-state index contributed by atoms with van der Waals surface area (Å²) in [6.45, 7) is 6.53. The number of anilines is 2. The van der Waals surface area contributed by atoms with Crippen molar-refractivity contribution in [3.05, 3.63) is 23.8 Å². The van der Waals surface area contributed by atoms with Crippen LogP contribution in [0, 0.1) is 0 Å². The Morgan fingerprint density at radius 2 is 2.17 bits per heavy atom. The molecule has 18 heavy (non-hydrogen) atoms. The van der Waals surface area contributed by atoms with Crippen molar-refractivity contribution in [3.63, 3.8) is 0 Å². The van der Waals surface area contributed by atoms with Crippen LogP contribution < -0.4 is 10.6 Å². The van der Waals surface area contributed by atoms with E-state index < -0.39 is 11.7 Å². The number of fused-ring (bicyclic) bond motifs is 1. The summed E-state index contributed by atoms with van der Waals surface area (Å²) in [4.78, 5) is 11.6. The molecular formula is C14H20N2O2. The van der Waals surface area contributed by atoms with Crippen LogP contribution >= 0.6 is 0 Å². The second kappa shape index (κ2) is 4.88. The fourth-order valence-electron chi connectivity index (χ4n) is 1.96. The van der Waals surface area contributed by atoms with Gasteiger partial charge in [-0.05, 0) is 51.3 Å². The Kier molecular flexibility index (Phi) is 3.45. The second-order valence-corrected chi connectivity index (χ2v) is 5.53. The largest absolute Gasteiger partial charge is 0.444 e. The Labute approximate surface area is 108 Å². The van der Waals surface area contributed by atoms with Gasteiger partial charge in [0.1, 0.15) is 5.60 Å². The summed E-state index contributed by atoms with van der Waals surface area (Å²) in [6, 6.07) is 5.92. The highest BCUT2D eigenvalue weighted by atomic mass is 16.6. The van der Waals surface area contributed by atoms with E-state index in [-0.39, 0.29) is 0 Å². The Balaban J connectivity index is 2.04. The Morgan fingerprint density at radius 1 is 1.39 bits per heavy atom. The molecule has 1 aliphatic heterocycles. The lowest BCUT2D eigenvalue weighted by atomic mass is 10.0. The van der Waals surface area contributed by atoms with Gasteiger partial charge in [-0.2, -0.15) is 0 Å². The number of aryl methyl sites for hydroxylation is 1. The molecule has 0 radical (unpaired) electrons. The van der Waals surface area contributed by atoms with Gasteiger partial charge in [-0.25, -0.2) is 4.79 Å². The van der Waals surface area contributed by atoms with Crippen LogP contribution in [0.5, 0.6) is 0 Å². The van der Waals surface area contributed by atoms with Gasteiger partial charge in [0, 0.05) is 17.9 Å². The molecule has 4 nitrogen and oxygen atoms in total. The minimum Gasteiger partial charge on any atom is -0.444 e. The van der Waals surface area contributed by atoms with Gasteiger partial charge in [0.05, 0.1) is 0 Å². The van der Waals surface area contributed by atoms with Crippen LogP contribution in [0.2, 0.25) is 0 Å². The normalized spacial score (nSPS) is 14.4. The lowest BCUT2D eigenvalue weighted by Gasteiger charge is -2.21. The molecule has 1 aliphatic rings. The van der Waals surface area contributed by atoms with Crippen molar-refractivity contribution in [3.8, 4) is 0 Å². The highest BCUT2D eigenvalue weighted by Crippen LogP contribution is 2.25. The molecule has 0 atom stereocenters. The monoisotopic (exact) mass is 248 g/mol. The Bertz CT molecular complexity index is 450. The molecular weight excluding hydrogens is 228 g/mol. The van der Waals surface area contributed by atoms with E-state index in [1.165, 1.54) is 5.56 Å². The number of hydrogen-bond acceptors (Lipinski definition) is 3. The predicted octanol–water partition coefficient (Wildman–Crippen LogP) is 3.39. The van der Waals surface area contributed by atoms with Crippen LogP contribution in [0.15, 0.2) is 18.2 Å². The first kappa shape index (κ1) is 12.7. The highest BCUT2D eigenvalue weighted by Gasteiger charge is 2.16. The van der Waals surface area contributed by atoms with Crippen molar-refractivity contribution in [1.82, 2.24) is 0 Å². The standard InChI is InChI=1S/C14H20N2O2/c1-14(2,3)18-13(17)16-11-7-6-10-5-4-8-15-12(10)9-11/h6-7,9,15H,4-5,8H2,1-3H3,(H,16,17). The lowest BCUT2D eigenvalue weighted by Crippen LogP contribution is -2.27. The van der Waals surface area contributed by atoms with Gasteiger partial charge >= 0.3 is 6.09 Å². The Morgan fingerprint density at radius 3 is 2.89 bits per heavy atom. The maximum absolute atomic E-state index is 11.6. The lowest BCUT2D eigenvalue weighted by molar-refractivity contribution is 0.0636. The van der Waals surface area contributed by atoms with Crippen LogP contribution in [0.3, 0.4) is 0 Å². The van der Waals surface area contributed by atoms with Crippen molar-refractivity contribution in [2.75, 3.05) is 17.2 Å². The molecule has 4 heteroatoms. The summed E-state index contributed by atoms with van der Waals surface area (Å²) in [5, 5.41) is 6.08. The molecule has 0 aromatic heterocycles. The number of carbonyl (C=O) groups excluding carboxylic acids is 1. The molecule has 0 aliphatic carbocycles. The van der Waals surface area contributed by atoms with E-state index in [1.807, 2.05) is 39.0 Å². The van der Waals surface area contributed by atoms with E-state index in [9.17, 15) is 4.79 Å². The third-order valence-electron chi connectivity index (χ3n) is 2.69. The van der Waals surface area contributed by atoms with Crippen molar-refractivity contribution in [1.29, 1.82) is 0 Å². The number of amides is 1. The van der Waals surface area contributed by atoms with Gasteiger partial charge in [0.25, 0.3) is 0 Å². The zero-order valence-electron chi connectivity index (χ0n) is 11.2. The number of benzene rings is 1. The van der Waals surface area contributed by atoms with Crippen molar-refractivity contribution in [2.24, 2.45) is 0 Å². The van der Waals surface area contributed by atoms with Crippen molar-refractivity contribution >= 4 is 17.5 Å². The van der Waals surface area contributed by atoms with E-state index in [1.54, 1.807) is 0 Å². The van der Waals surface area contributed by atoms with Gasteiger partial charge in [-0.3, -0.25) is 5.32 Å². The number of hydrogen-bond donors (Lipinski definition) is 2. The van der Waals surface area contributed by atoms with Gasteiger partial charge in [-0.15, -0.1) is 0 Å². The van der Waals surface area contributed by atoms with Crippen molar-refractivity contribution in [2.45, 2.75) is 39.2 Å². The van der Waals surface area contributed by atoms with Crippen LogP contribution in [-0.4, -0.2) is 18.2 Å². The first-order chi connectivity index (χ1) is 8.44. The highest BCUT2D eigenvalue weighted by molar-refractivity contribution is 5.86. The summed E-state index contributed by atoms with van der Waals surface area (Å²) < 4.78 is 5.22. The molecule has 2 rings (SSSR count). The molecule has 0 saturated heterocycles. The van der Waals surface area contributed by atoms with Crippen LogP contribution in [-0.2, 0) is 11.2 Å². The van der Waals surface area contributed by atoms with Crippen LogP contribution in [0.4, 0.5) is 16.2 Å². The fraction of sp³-hybridized carbons (Fsp3) is 0.500. The Hall–Kier alpha value is -1.71. The average Bonchev–Trinajstić information content (AvgIpc) is 2.26. The summed E-state index contributed by atoms with van der Waals surface area (Å²) in [7, 11) is 0. The van der Waals surface area contributed by atoms with E-state index in [4.69, 9.17) is 4.74 Å². The average molecular weight is 248 g/mol. The molecule has 98 valence electrons. The topological polar surface area (TPSA) is 50.4 Å².